The van der Waals surface area contributed by atoms with E-state index in [9.17, 15) is 9.59 Å². The van der Waals surface area contributed by atoms with Gasteiger partial charge in [0.25, 0.3) is 5.91 Å². The zero-order valence-electron chi connectivity index (χ0n) is 17.3. The lowest BCUT2D eigenvalue weighted by Gasteiger charge is -2.21. The van der Waals surface area contributed by atoms with E-state index >= 15 is 0 Å². The predicted octanol–water partition coefficient (Wildman–Crippen LogP) is 4.47. The van der Waals surface area contributed by atoms with Crippen LogP contribution in [0.25, 0.3) is 0 Å². The molecule has 1 unspecified atom stereocenters. The molecule has 0 spiro atoms. The van der Waals surface area contributed by atoms with Gasteiger partial charge in [0, 0.05) is 16.5 Å². The van der Waals surface area contributed by atoms with Crippen LogP contribution in [0.2, 0.25) is 0 Å². The Kier molecular flexibility index (Phi) is 6.18. The minimum atomic E-state index is -0.380. The number of rotatable bonds is 6. The molecule has 160 valence electrons. The molecule has 2 amide bonds. The van der Waals surface area contributed by atoms with Crippen LogP contribution in [-0.2, 0) is 11.2 Å². The van der Waals surface area contributed by atoms with Gasteiger partial charge in [0.05, 0.1) is 31.5 Å². The molecule has 1 atom stereocenters. The van der Waals surface area contributed by atoms with Crippen molar-refractivity contribution in [1.29, 1.82) is 0 Å². The van der Waals surface area contributed by atoms with Crippen molar-refractivity contribution in [3.63, 3.8) is 0 Å². The Hall–Kier alpha value is -3.39. The lowest BCUT2D eigenvalue weighted by Crippen LogP contribution is -2.25. The molecule has 1 aromatic heterocycles. The van der Waals surface area contributed by atoms with Gasteiger partial charge in [0.15, 0.2) is 5.13 Å². The highest BCUT2D eigenvalue weighted by atomic mass is 32.1. The first-order valence-corrected chi connectivity index (χ1v) is 10.8. The average Bonchev–Trinajstić information content (AvgIpc) is 3.22. The van der Waals surface area contributed by atoms with E-state index in [4.69, 9.17) is 9.47 Å². The van der Waals surface area contributed by atoms with Crippen molar-refractivity contribution in [2.24, 2.45) is 0 Å². The number of carbonyl (C=O) groups is 2. The second-order valence-electron chi connectivity index (χ2n) is 7.15. The molecule has 0 radical (unpaired) electrons. The second-order valence-corrected chi connectivity index (χ2v) is 8.23. The first-order chi connectivity index (χ1) is 15.1. The number of aryl methyl sites for hydroxylation is 1. The molecule has 0 saturated heterocycles. The standard InChI is InChI=1S/C23H23N3O4S/c1-29-15-11-12-17(18(13-15)30-2)24-22(28)16-9-6-10-19-20(16)25-23(31-19)26-21(27)14-7-4-3-5-8-14/h3-5,7-8,11-13,16H,6,9-10H2,1-2H3,(H,24,28)(H,25,26,27). The van der Waals surface area contributed by atoms with Gasteiger partial charge < -0.3 is 14.8 Å². The number of fused-ring (bicyclic) bond motifs is 1. The monoisotopic (exact) mass is 437 g/mol. The molecule has 1 aliphatic carbocycles. The third-order valence-corrected chi connectivity index (χ3v) is 6.24. The highest BCUT2D eigenvalue weighted by molar-refractivity contribution is 7.16. The van der Waals surface area contributed by atoms with E-state index in [1.54, 1.807) is 44.6 Å². The molecule has 3 aromatic rings. The van der Waals surface area contributed by atoms with Crippen LogP contribution in [0.4, 0.5) is 10.8 Å². The Morgan fingerprint density at radius 1 is 1.06 bits per heavy atom. The quantitative estimate of drug-likeness (QED) is 0.594. The number of hydrogen-bond acceptors (Lipinski definition) is 6. The van der Waals surface area contributed by atoms with Crippen LogP contribution in [-0.4, -0.2) is 31.0 Å². The molecule has 0 fully saturated rings. The molecule has 2 N–H and O–H groups in total. The van der Waals surface area contributed by atoms with E-state index in [1.165, 1.54) is 11.3 Å². The number of nitrogens with zero attached hydrogens (tertiary/aromatic N) is 1. The smallest absolute Gasteiger partial charge is 0.257 e. The van der Waals surface area contributed by atoms with E-state index in [-0.39, 0.29) is 17.7 Å². The topological polar surface area (TPSA) is 89.6 Å². The van der Waals surface area contributed by atoms with Gasteiger partial charge in [0.2, 0.25) is 5.91 Å². The summed E-state index contributed by atoms with van der Waals surface area (Å²) < 4.78 is 10.6. The van der Waals surface area contributed by atoms with Gasteiger partial charge in [-0.05, 0) is 43.5 Å². The molecule has 0 saturated carbocycles. The molecule has 31 heavy (non-hydrogen) atoms. The normalized spacial score (nSPS) is 15.0. The zero-order valence-corrected chi connectivity index (χ0v) is 18.1. The van der Waals surface area contributed by atoms with Crippen molar-refractivity contribution in [2.45, 2.75) is 25.2 Å². The summed E-state index contributed by atoms with van der Waals surface area (Å²) >= 11 is 1.43. The summed E-state index contributed by atoms with van der Waals surface area (Å²) in [5.74, 6) is 0.437. The maximum absolute atomic E-state index is 13.1. The third kappa shape index (κ3) is 4.54. The fraction of sp³-hybridized carbons (Fsp3) is 0.261. The number of anilines is 2. The molecule has 1 aliphatic rings. The highest BCUT2D eigenvalue weighted by Gasteiger charge is 2.31. The number of carbonyl (C=O) groups excluding carboxylic acids is 2. The van der Waals surface area contributed by atoms with Crippen molar-refractivity contribution in [1.82, 2.24) is 4.98 Å². The largest absolute Gasteiger partial charge is 0.497 e. The van der Waals surface area contributed by atoms with Crippen molar-refractivity contribution in [3.05, 3.63) is 64.7 Å². The number of nitrogens with one attached hydrogen (secondary N) is 2. The number of hydrogen-bond donors (Lipinski definition) is 2. The molecule has 0 bridgehead atoms. The number of ether oxygens (including phenoxy) is 2. The maximum Gasteiger partial charge on any atom is 0.257 e. The van der Waals surface area contributed by atoms with E-state index in [2.05, 4.69) is 15.6 Å². The van der Waals surface area contributed by atoms with Gasteiger partial charge >= 0.3 is 0 Å². The van der Waals surface area contributed by atoms with E-state index in [0.717, 1.165) is 23.4 Å². The van der Waals surface area contributed by atoms with Crippen molar-refractivity contribution >= 4 is 34.0 Å². The Balaban J connectivity index is 1.52. The number of aromatic nitrogens is 1. The van der Waals surface area contributed by atoms with E-state index in [0.29, 0.717) is 34.3 Å². The zero-order chi connectivity index (χ0) is 21.8. The minimum Gasteiger partial charge on any atom is -0.497 e. The van der Waals surface area contributed by atoms with Crippen molar-refractivity contribution in [3.8, 4) is 11.5 Å². The van der Waals surface area contributed by atoms with Crippen LogP contribution in [0.1, 0.15) is 39.7 Å². The van der Waals surface area contributed by atoms with Crippen LogP contribution < -0.4 is 20.1 Å². The lowest BCUT2D eigenvalue weighted by molar-refractivity contribution is -0.118. The summed E-state index contributed by atoms with van der Waals surface area (Å²) in [7, 11) is 3.12. The average molecular weight is 438 g/mol. The molecule has 4 rings (SSSR count). The molecule has 1 heterocycles. The number of thiazole rings is 1. The molecular weight excluding hydrogens is 414 g/mol. The van der Waals surface area contributed by atoms with Crippen LogP contribution >= 0.6 is 11.3 Å². The van der Waals surface area contributed by atoms with Crippen LogP contribution in [0, 0.1) is 0 Å². The van der Waals surface area contributed by atoms with Crippen LogP contribution in [0.5, 0.6) is 11.5 Å². The lowest BCUT2D eigenvalue weighted by atomic mass is 9.90. The SMILES string of the molecule is COc1ccc(NC(=O)C2CCCc3sc(NC(=O)c4ccccc4)nc32)c(OC)c1. The van der Waals surface area contributed by atoms with Gasteiger partial charge in [-0.2, -0.15) is 0 Å². The van der Waals surface area contributed by atoms with Gasteiger partial charge in [-0.3, -0.25) is 14.9 Å². The van der Waals surface area contributed by atoms with Gasteiger partial charge in [-0.15, -0.1) is 11.3 Å². The molecule has 0 aliphatic heterocycles. The summed E-state index contributed by atoms with van der Waals surface area (Å²) in [5, 5.41) is 6.33. The first kappa shape index (κ1) is 20.9. The van der Waals surface area contributed by atoms with Crippen LogP contribution in [0.15, 0.2) is 48.5 Å². The summed E-state index contributed by atoms with van der Waals surface area (Å²) in [5.41, 5.74) is 1.88. The minimum absolute atomic E-state index is 0.143. The van der Waals surface area contributed by atoms with Crippen molar-refractivity contribution < 1.29 is 19.1 Å². The Morgan fingerprint density at radius 3 is 2.61 bits per heavy atom. The van der Waals surface area contributed by atoms with Gasteiger partial charge in [-0.1, -0.05) is 18.2 Å². The van der Waals surface area contributed by atoms with E-state index in [1.807, 2.05) is 18.2 Å². The molecule has 7 nitrogen and oxygen atoms in total. The fourth-order valence-corrected chi connectivity index (χ4v) is 4.67. The van der Waals surface area contributed by atoms with Gasteiger partial charge in [-0.25, -0.2) is 4.98 Å². The van der Waals surface area contributed by atoms with Crippen LogP contribution in [0.3, 0.4) is 0 Å². The second kappa shape index (κ2) is 9.18. The Labute approximate surface area is 184 Å². The van der Waals surface area contributed by atoms with E-state index < -0.39 is 0 Å². The van der Waals surface area contributed by atoms with Crippen molar-refractivity contribution in [2.75, 3.05) is 24.9 Å². The molecule has 8 heteroatoms. The molecule has 2 aromatic carbocycles. The number of benzene rings is 2. The Morgan fingerprint density at radius 2 is 1.87 bits per heavy atom. The summed E-state index contributed by atoms with van der Waals surface area (Å²) in [6, 6.07) is 14.2. The van der Waals surface area contributed by atoms with Gasteiger partial charge in [0.1, 0.15) is 11.5 Å². The molecular formula is C23H23N3O4S. The third-order valence-electron chi connectivity index (χ3n) is 5.19. The number of methoxy groups -OCH3 is 2. The number of amides is 2. The maximum atomic E-state index is 13.1. The Bertz CT molecular complexity index is 1100. The first-order valence-electron chi connectivity index (χ1n) is 9.98. The predicted molar refractivity (Wildman–Crippen MR) is 120 cm³/mol. The summed E-state index contributed by atoms with van der Waals surface area (Å²) in [4.78, 5) is 31.2. The summed E-state index contributed by atoms with van der Waals surface area (Å²) in [6.07, 6.45) is 2.44. The highest BCUT2D eigenvalue weighted by Crippen LogP contribution is 2.38. The summed E-state index contributed by atoms with van der Waals surface area (Å²) in [6.45, 7) is 0. The fourth-order valence-electron chi connectivity index (χ4n) is 3.61.